The summed E-state index contributed by atoms with van der Waals surface area (Å²) in [7, 11) is 3.34. The number of hydrogen-bond acceptors (Lipinski definition) is 5. The van der Waals surface area contributed by atoms with E-state index in [9.17, 15) is 4.79 Å². The van der Waals surface area contributed by atoms with Crippen molar-refractivity contribution in [3.63, 3.8) is 0 Å². The molecule has 27 heavy (non-hydrogen) atoms. The molecule has 4 rings (SSSR count). The second-order valence-electron chi connectivity index (χ2n) is 7.26. The first-order chi connectivity index (χ1) is 13.1. The van der Waals surface area contributed by atoms with Gasteiger partial charge >= 0.3 is 0 Å². The van der Waals surface area contributed by atoms with Crippen LogP contribution in [-0.4, -0.2) is 43.8 Å². The van der Waals surface area contributed by atoms with Crippen molar-refractivity contribution >= 4 is 0 Å². The van der Waals surface area contributed by atoms with Gasteiger partial charge in [-0.2, -0.15) is 0 Å². The molecule has 2 aliphatic rings. The van der Waals surface area contributed by atoms with Crippen LogP contribution in [0.2, 0.25) is 0 Å². The average Bonchev–Trinajstić information content (AvgIpc) is 2.71. The summed E-state index contributed by atoms with van der Waals surface area (Å²) in [6.07, 6.45) is 4.37. The van der Waals surface area contributed by atoms with E-state index in [4.69, 9.17) is 14.2 Å². The zero-order chi connectivity index (χ0) is 18.9. The fraction of sp³-hybridized carbons (Fsp3) is 0.476. The molecule has 0 saturated carbocycles. The van der Waals surface area contributed by atoms with E-state index in [0.29, 0.717) is 6.54 Å². The van der Waals surface area contributed by atoms with Crippen molar-refractivity contribution in [2.45, 2.75) is 31.4 Å². The number of pyridine rings is 1. The molecule has 0 atom stereocenters. The SMILES string of the molecule is COc1cc2c(cc1OC)C1(CCN(Cc3ccc[nH]c3=O)CC1)OCC2. The van der Waals surface area contributed by atoms with Gasteiger partial charge in [0, 0.05) is 31.4 Å². The van der Waals surface area contributed by atoms with Gasteiger partial charge in [-0.15, -0.1) is 0 Å². The van der Waals surface area contributed by atoms with Crippen LogP contribution < -0.4 is 15.0 Å². The Kier molecular flexibility index (Phi) is 4.93. The third-order valence-corrected chi connectivity index (χ3v) is 5.81. The van der Waals surface area contributed by atoms with Crippen LogP contribution in [0.15, 0.2) is 35.3 Å². The van der Waals surface area contributed by atoms with Crippen LogP contribution in [0.25, 0.3) is 0 Å². The molecule has 3 heterocycles. The number of benzene rings is 1. The Morgan fingerprint density at radius 3 is 2.63 bits per heavy atom. The third kappa shape index (κ3) is 3.35. The number of methoxy groups -OCH3 is 2. The number of hydrogen-bond donors (Lipinski definition) is 1. The molecular formula is C21H26N2O4. The minimum absolute atomic E-state index is 0.00567. The summed E-state index contributed by atoms with van der Waals surface area (Å²) in [5, 5.41) is 0. The molecule has 1 fully saturated rings. The number of aromatic amines is 1. The van der Waals surface area contributed by atoms with E-state index in [1.165, 1.54) is 11.1 Å². The maximum absolute atomic E-state index is 11.9. The topological polar surface area (TPSA) is 63.8 Å². The Morgan fingerprint density at radius 1 is 1.19 bits per heavy atom. The van der Waals surface area contributed by atoms with Crippen molar-refractivity contribution in [3.05, 3.63) is 57.5 Å². The molecule has 0 aliphatic carbocycles. The predicted molar refractivity (Wildman–Crippen MR) is 102 cm³/mol. The van der Waals surface area contributed by atoms with Crippen LogP contribution in [0.1, 0.15) is 29.5 Å². The lowest BCUT2D eigenvalue weighted by Gasteiger charge is -2.45. The third-order valence-electron chi connectivity index (χ3n) is 5.81. The molecular weight excluding hydrogens is 344 g/mol. The summed E-state index contributed by atoms with van der Waals surface area (Å²) in [6, 6.07) is 7.95. The number of H-pyrrole nitrogens is 1. The Bertz CT molecular complexity index is 869. The molecule has 1 aromatic carbocycles. The van der Waals surface area contributed by atoms with E-state index in [-0.39, 0.29) is 11.2 Å². The van der Waals surface area contributed by atoms with E-state index in [1.54, 1.807) is 20.4 Å². The Labute approximate surface area is 159 Å². The van der Waals surface area contributed by atoms with Gasteiger partial charge in [0.2, 0.25) is 0 Å². The molecule has 0 unspecified atom stereocenters. The van der Waals surface area contributed by atoms with Gasteiger partial charge in [-0.3, -0.25) is 9.69 Å². The molecule has 1 aromatic heterocycles. The summed E-state index contributed by atoms with van der Waals surface area (Å²) >= 11 is 0. The highest BCUT2D eigenvalue weighted by atomic mass is 16.5. The Morgan fingerprint density at radius 2 is 1.93 bits per heavy atom. The molecule has 0 amide bonds. The quantitative estimate of drug-likeness (QED) is 0.896. The van der Waals surface area contributed by atoms with Crippen molar-refractivity contribution in [1.82, 2.24) is 9.88 Å². The van der Waals surface area contributed by atoms with Crippen molar-refractivity contribution in [1.29, 1.82) is 0 Å². The highest BCUT2D eigenvalue weighted by Crippen LogP contribution is 2.45. The van der Waals surface area contributed by atoms with Crippen LogP contribution in [-0.2, 0) is 23.3 Å². The summed E-state index contributed by atoms with van der Waals surface area (Å²) < 4.78 is 17.3. The molecule has 6 heteroatoms. The monoisotopic (exact) mass is 370 g/mol. The van der Waals surface area contributed by atoms with Crippen molar-refractivity contribution < 1.29 is 14.2 Å². The summed E-state index contributed by atoms with van der Waals surface area (Å²) in [5.74, 6) is 1.52. The van der Waals surface area contributed by atoms with E-state index < -0.39 is 0 Å². The highest BCUT2D eigenvalue weighted by Gasteiger charge is 2.41. The van der Waals surface area contributed by atoms with E-state index in [2.05, 4.69) is 22.0 Å². The normalized spacial score (nSPS) is 18.9. The largest absolute Gasteiger partial charge is 0.493 e. The van der Waals surface area contributed by atoms with E-state index >= 15 is 0 Å². The van der Waals surface area contributed by atoms with Crippen LogP contribution in [0, 0.1) is 0 Å². The molecule has 2 aliphatic heterocycles. The molecule has 2 aromatic rings. The van der Waals surface area contributed by atoms with Crippen LogP contribution in [0.5, 0.6) is 11.5 Å². The smallest absolute Gasteiger partial charge is 0.252 e. The molecule has 1 N–H and O–H groups in total. The van der Waals surface area contributed by atoms with Gasteiger partial charge in [-0.25, -0.2) is 0 Å². The molecule has 0 bridgehead atoms. The van der Waals surface area contributed by atoms with Gasteiger partial charge in [-0.05, 0) is 48.6 Å². The standard InChI is InChI=1S/C21H26N2O4/c1-25-18-12-15-5-11-27-21(17(15)13-19(18)26-2)6-9-23(10-7-21)14-16-4-3-8-22-20(16)24/h3-4,8,12-13H,5-7,9-11,14H2,1-2H3,(H,22,24). The van der Waals surface area contributed by atoms with Crippen molar-refractivity contribution in [2.75, 3.05) is 33.9 Å². The minimum atomic E-state index is -0.271. The van der Waals surface area contributed by atoms with Gasteiger partial charge in [0.1, 0.15) is 0 Å². The predicted octanol–water partition coefficient (Wildman–Crippen LogP) is 2.46. The Hall–Kier alpha value is -2.31. The molecule has 6 nitrogen and oxygen atoms in total. The van der Waals surface area contributed by atoms with Gasteiger partial charge in [-0.1, -0.05) is 6.07 Å². The Balaban J connectivity index is 1.55. The van der Waals surface area contributed by atoms with Crippen LogP contribution in [0.3, 0.4) is 0 Å². The summed E-state index contributed by atoms with van der Waals surface area (Å²) in [5.41, 5.74) is 3.04. The first-order valence-corrected chi connectivity index (χ1v) is 9.43. The van der Waals surface area contributed by atoms with Gasteiger partial charge in [0.15, 0.2) is 11.5 Å². The first kappa shape index (κ1) is 18.1. The molecule has 1 saturated heterocycles. The van der Waals surface area contributed by atoms with Gasteiger partial charge in [0.05, 0.1) is 26.4 Å². The average molecular weight is 370 g/mol. The number of nitrogens with zero attached hydrogens (tertiary/aromatic N) is 1. The van der Waals surface area contributed by atoms with Crippen LogP contribution >= 0.6 is 0 Å². The zero-order valence-corrected chi connectivity index (χ0v) is 15.9. The number of fused-ring (bicyclic) bond motifs is 2. The zero-order valence-electron chi connectivity index (χ0n) is 15.9. The summed E-state index contributed by atoms with van der Waals surface area (Å²) in [6.45, 7) is 3.18. The molecule has 1 spiro atoms. The number of likely N-dealkylation sites (tertiary alicyclic amines) is 1. The van der Waals surface area contributed by atoms with Gasteiger partial charge in [0.25, 0.3) is 5.56 Å². The maximum atomic E-state index is 11.9. The fourth-order valence-corrected chi connectivity index (χ4v) is 4.29. The number of nitrogens with one attached hydrogen (secondary N) is 1. The number of aromatic nitrogens is 1. The van der Waals surface area contributed by atoms with Crippen molar-refractivity contribution in [2.24, 2.45) is 0 Å². The van der Waals surface area contributed by atoms with Crippen molar-refractivity contribution in [3.8, 4) is 11.5 Å². The van der Waals surface area contributed by atoms with E-state index in [0.717, 1.165) is 56.0 Å². The fourth-order valence-electron chi connectivity index (χ4n) is 4.29. The minimum Gasteiger partial charge on any atom is -0.493 e. The second kappa shape index (κ2) is 7.37. The van der Waals surface area contributed by atoms with Crippen LogP contribution in [0.4, 0.5) is 0 Å². The number of ether oxygens (including phenoxy) is 3. The summed E-state index contributed by atoms with van der Waals surface area (Å²) in [4.78, 5) is 17.0. The maximum Gasteiger partial charge on any atom is 0.252 e. The number of rotatable bonds is 4. The molecule has 144 valence electrons. The lowest BCUT2D eigenvalue weighted by atomic mass is 9.79. The highest BCUT2D eigenvalue weighted by molar-refractivity contribution is 5.50. The lowest BCUT2D eigenvalue weighted by molar-refractivity contribution is -0.0990. The molecule has 0 radical (unpaired) electrons. The first-order valence-electron chi connectivity index (χ1n) is 9.43. The van der Waals surface area contributed by atoms with E-state index in [1.807, 2.05) is 12.1 Å². The number of piperidine rings is 1. The van der Waals surface area contributed by atoms with Gasteiger partial charge < -0.3 is 19.2 Å². The second-order valence-corrected chi connectivity index (χ2v) is 7.26. The lowest BCUT2D eigenvalue weighted by Crippen LogP contribution is -2.46.